The molecule has 3 heteroatoms. The standard InChI is InChI=1S/C14H20NO2/c1-3-5-12-17-14(16)15(11-4-2)13-9-7-6-8-10-13/h6-10H,2-5,11-12H2,1H3. The van der Waals surface area contributed by atoms with Crippen LogP contribution in [-0.4, -0.2) is 19.2 Å². The maximum absolute atomic E-state index is 11.9. The Morgan fingerprint density at radius 3 is 2.65 bits per heavy atom. The van der Waals surface area contributed by atoms with Crippen LogP contribution >= 0.6 is 0 Å². The highest BCUT2D eigenvalue weighted by Crippen LogP contribution is 2.14. The molecular formula is C14H20NO2. The van der Waals surface area contributed by atoms with Gasteiger partial charge in [0.1, 0.15) is 0 Å². The fourth-order valence-corrected chi connectivity index (χ4v) is 1.47. The van der Waals surface area contributed by atoms with Crippen LogP contribution in [0, 0.1) is 6.92 Å². The first-order valence-electron chi connectivity index (χ1n) is 6.08. The zero-order chi connectivity index (χ0) is 12.5. The summed E-state index contributed by atoms with van der Waals surface area (Å²) in [5, 5.41) is 0. The average Bonchev–Trinajstić information content (AvgIpc) is 2.37. The number of rotatable bonds is 6. The second kappa shape index (κ2) is 7.71. The van der Waals surface area contributed by atoms with Crippen LogP contribution in [0.2, 0.25) is 0 Å². The predicted octanol–water partition coefficient (Wildman–Crippen LogP) is 3.65. The Morgan fingerprint density at radius 1 is 1.35 bits per heavy atom. The van der Waals surface area contributed by atoms with E-state index in [9.17, 15) is 4.79 Å². The first kappa shape index (κ1) is 13.6. The van der Waals surface area contributed by atoms with Crippen LogP contribution in [0.5, 0.6) is 0 Å². The second-order valence-electron chi connectivity index (χ2n) is 3.81. The summed E-state index contributed by atoms with van der Waals surface area (Å²) < 4.78 is 5.21. The zero-order valence-corrected chi connectivity index (χ0v) is 10.4. The summed E-state index contributed by atoms with van der Waals surface area (Å²) in [5.74, 6) is 0. The minimum absolute atomic E-state index is 0.284. The lowest BCUT2D eigenvalue weighted by Gasteiger charge is -2.21. The van der Waals surface area contributed by atoms with Gasteiger partial charge >= 0.3 is 6.09 Å². The molecule has 0 bridgehead atoms. The third-order valence-corrected chi connectivity index (χ3v) is 2.39. The van der Waals surface area contributed by atoms with E-state index >= 15 is 0 Å². The number of hydrogen-bond acceptors (Lipinski definition) is 2. The van der Waals surface area contributed by atoms with Gasteiger partial charge < -0.3 is 4.74 Å². The second-order valence-corrected chi connectivity index (χ2v) is 3.81. The Balaban J connectivity index is 2.62. The van der Waals surface area contributed by atoms with Crippen molar-refractivity contribution in [1.29, 1.82) is 0 Å². The van der Waals surface area contributed by atoms with Gasteiger partial charge in [0.25, 0.3) is 0 Å². The quantitative estimate of drug-likeness (QED) is 0.703. The molecule has 0 aliphatic carbocycles. The van der Waals surface area contributed by atoms with Crippen LogP contribution in [0.25, 0.3) is 0 Å². The molecule has 0 N–H and O–H groups in total. The number of carbonyl (C=O) groups is 1. The molecule has 1 rings (SSSR count). The minimum atomic E-state index is -0.284. The number of hydrogen-bond donors (Lipinski definition) is 0. The van der Waals surface area contributed by atoms with Crippen LogP contribution in [-0.2, 0) is 4.74 Å². The minimum Gasteiger partial charge on any atom is -0.449 e. The molecule has 1 radical (unpaired) electrons. The zero-order valence-electron chi connectivity index (χ0n) is 10.4. The van der Waals surface area contributed by atoms with Crippen molar-refractivity contribution >= 4 is 11.8 Å². The van der Waals surface area contributed by atoms with Crippen molar-refractivity contribution in [3.8, 4) is 0 Å². The fraction of sp³-hybridized carbons (Fsp3) is 0.429. The van der Waals surface area contributed by atoms with Crippen LogP contribution in [0.1, 0.15) is 26.2 Å². The summed E-state index contributed by atoms with van der Waals surface area (Å²) >= 11 is 0. The van der Waals surface area contributed by atoms with Gasteiger partial charge in [0.05, 0.1) is 6.61 Å². The van der Waals surface area contributed by atoms with E-state index < -0.39 is 0 Å². The molecule has 0 fully saturated rings. The smallest absolute Gasteiger partial charge is 0.414 e. The Hall–Kier alpha value is -1.51. The molecule has 0 spiro atoms. The van der Waals surface area contributed by atoms with E-state index in [4.69, 9.17) is 4.74 Å². The van der Waals surface area contributed by atoms with E-state index in [1.54, 1.807) is 4.90 Å². The van der Waals surface area contributed by atoms with Gasteiger partial charge in [-0.25, -0.2) is 4.79 Å². The van der Waals surface area contributed by atoms with Gasteiger partial charge in [0.2, 0.25) is 0 Å². The first-order chi connectivity index (χ1) is 8.29. The molecule has 1 aromatic carbocycles. The van der Waals surface area contributed by atoms with Crippen molar-refractivity contribution in [2.75, 3.05) is 18.1 Å². The Kier molecular flexibility index (Phi) is 6.15. The molecular weight excluding hydrogens is 214 g/mol. The van der Waals surface area contributed by atoms with Gasteiger partial charge in [-0.1, -0.05) is 38.5 Å². The molecule has 0 unspecified atom stereocenters. The van der Waals surface area contributed by atoms with Crippen LogP contribution in [0.15, 0.2) is 30.3 Å². The van der Waals surface area contributed by atoms with E-state index in [1.165, 1.54) is 0 Å². The van der Waals surface area contributed by atoms with E-state index in [0.29, 0.717) is 19.6 Å². The monoisotopic (exact) mass is 234 g/mol. The number of para-hydroxylation sites is 1. The lowest BCUT2D eigenvalue weighted by atomic mass is 10.3. The number of nitrogens with zero attached hydrogens (tertiary/aromatic N) is 1. The summed E-state index contributed by atoms with van der Waals surface area (Å²) in [7, 11) is 0. The molecule has 0 saturated carbocycles. The lowest BCUT2D eigenvalue weighted by molar-refractivity contribution is 0.152. The van der Waals surface area contributed by atoms with Crippen molar-refractivity contribution in [2.45, 2.75) is 26.2 Å². The molecule has 0 aliphatic rings. The average molecular weight is 234 g/mol. The topological polar surface area (TPSA) is 29.5 Å². The molecule has 93 valence electrons. The third-order valence-electron chi connectivity index (χ3n) is 2.39. The van der Waals surface area contributed by atoms with Gasteiger partial charge in [-0.15, -0.1) is 0 Å². The highest BCUT2D eigenvalue weighted by Gasteiger charge is 2.15. The van der Waals surface area contributed by atoms with Crippen molar-refractivity contribution in [1.82, 2.24) is 0 Å². The maximum atomic E-state index is 11.9. The van der Waals surface area contributed by atoms with E-state index in [1.807, 2.05) is 30.3 Å². The Bertz CT molecular complexity index is 324. The number of unbranched alkanes of at least 4 members (excludes halogenated alkanes) is 1. The lowest BCUT2D eigenvalue weighted by Crippen LogP contribution is -2.32. The van der Waals surface area contributed by atoms with Gasteiger partial charge in [-0.05, 0) is 25.0 Å². The van der Waals surface area contributed by atoms with E-state index in [-0.39, 0.29) is 6.09 Å². The predicted molar refractivity (Wildman–Crippen MR) is 70.0 cm³/mol. The molecule has 3 nitrogen and oxygen atoms in total. The van der Waals surface area contributed by atoms with Gasteiger partial charge in [-0.2, -0.15) is 0 Å². The Morgan fingerprint density at radius 2 is 2.06 bits per heavy atom. The van der Waals surface area contributed by atoms with Crippen molar-refractivity contribution in [3.05, 3.63) is 37.3 Å². The van der Waals surface area contributed by atoms with Gasteiger partial charge in [0, 0.05) is 12.2 Å². The normalized spacial score (nSPS) is 10.0. The van der Waals surface area contributed by atoms with Gasteiger partial charge in [0.15, 0.2) is 0 Å². The third kappa shape index (κ3) is 4.47. The number of ether oxygens (including phenoxy) is 1. The molecule has 1 amide bonds. The van der Waals surface area contributed by atoms with Crippen LogP contribution < -0.4 is 4.90 Å². The molecule has 0 atom stereocenters. The van der Waals surface area contributed by atoms with Crippen LogP contribution in [0.3, 0.4) is 0 Å². The van der Waals surface area contributed by atoms with Crippen molar-refractivity contribution in [2.24, 2.45) is 0 Å². The van der Waals surface area contributed by atoms with Crippen molar-refractivity contribution in [3.63, 3.8) is 0 Å². The molecule has 0 aliphatic heterocycles. The summed E-state index contributed by atoms with van der Waals surface area (Å²) in [4.78, 5) is 13.5. The molecule has 0 heterocycles. The van der Waals surface area contributed by atoms with Crippen molar-refractivity contribution < 1.29 is 9.53 Å². The first-order valence-corrected chi connectivity index (χ1v) is 6.08. The summed E-state index contributed by atoms with van der Waals surface area (Å²) in [5.41, 5.74) is 0.859. The fourth-order valence-electron chi connectivity index (χ4n) is 1.47. The highest BCUT2D eigenvalue weighted by atomic mass is 16.6. The highest BCUT2D eigenvalue weighted by molar-refractivity contribution is 5.87. The summed E-state index contributed by atoms with van der Waals surface area (Å²) in [6, 6.07) is 9.54. The number of amides is 1. The van der Waals surface area contributed by atoms with Crippen LogP contribution in [0.4, 0.5) is 10.5 Å². The SMILES string of the molecule is [CH2]CCN(C(=O)OCCCC)c1ccccc1. The number of anilines is 1. The molecule has 0 saturated heterocycles. The molecule has 0 aromatic heterocycles. The summed E-state index contributed by atoms with van der Waals surface area (Å²) in [6.07, 6.45) is 2.30. The van der Waals surface area contributed by atoms with Gasteiger partial charge in [-0.3, -0.25) is 4.90 Å². The van der Waals surface area contributed by atoms with E-state index in [2.05, 4.69) is 13.8 Å². The molecule has 17 heavy (non-hydrogen) atoms. The van der Waals surface area contributed by atoms with E-state index in [0.717, 1.165) is 18.5 Å². The number of benzene rings is 1. The molecule has 1 aromatic rings. The maximum Gasteiger partial charge on any atom is 0.414 e. The largest absolute Gasteiger partial charge is 0.449 e. The number of carbonyl (C=O) groups excluding carboxylic acids is 1. The Labute approximate surface area is 103 Å². The summed E-state index contributed by atoms with van der Waals surface area (Å²) in [6.45, 7) is 6.91.